The molecule has 0 atom stereocenters. The molecule has 0 radical (unpaired) electrons. The lowest BCUT2D eigenvalue weighted by atomic mass is 9.94. The van der Waals surface area contributed by atoms with Gasteiger partial charge in [0.1, 0.15) is 10.8 Å². The lowest BCUT2D eigenvalue weighted by Crippen LogP contribution is -2.36. The highest BCUT2D eigenvalue weighted by atomic mass is 32.1. The fourth-order valence-electron chi connectivity index (χ4n) is 3.98. The molecule has 1 aliphatic carbocycles. The van der Waals surface area contributed by atoms with Gasteiger partial charge in [-0.05, 0) is 43.2 Å². The first-order chi connectivity index (χ1) is 17.1. The van der Waals surface area contributed by atoms with E-state index in [9.17, 15) is 14.4 Å². The van der Waals surface area contributed by atoms with Gasteiger partial charge in [-0.25, -0.2) is 4.98 Å². The third-order valence-corrected chi connectivity index (χ3v) is 7.17. The van der Waals surface area contributed by atoms with Gasteiger partial charge in [0.05, 0.1) is 16.8 Å². The van der Waals surface area contributed by atoms with Crippen LogP contribution in [-0.4, -0.2) is 45.3 Å². The molecule has 3 N–H and O–H groups in total. The Balaban J connectivity index is 1.48. The minimum atomic E-state index is -0.538. The van der Waals surface area contributed by atoms with Crippen LogP contribution < -0.4 is 15.5 Å². The molecule has 4 aromatic rings. The van der Waals surface area contributed by atoms with Crippen molar-refractivity contribution in [3.63, 3.8) is 0 Å². The topological polar surface area (TPSA) is 112 Å². The third-order valence-electron chi connectivity index (χ3n) is 6.07. The quantitative estimate of drug-likeness (QED) is 0.357. The Labute approximate surface area is 212 Å². The second-order valence-electron chi connectivity index (χ2n) is 10.0. The number of carbonyl (C=O) groups is 3. The maximum Gasteiger partial charge on any atom is 0.266 e. The first kappa shape index (κ1) is 23.8. The highest BCUT2D eigenvalue weighted by molar-refractivity contribution is 7.16. The number of carbonyl (C=O) groups excluding carboxylic acids is 3. The number of nitrogens with zero attached hydrogens (tertiary/aromatic N) is 3. The van der Waals surface area contributed by atoms with Crippen molar-refractivity contribution in [1.29, 1.82) is 0 Å². The van der Waals surface area contributed by atoms with Crippen LogP contribution in [0.15, 0.2) is 49.1 Å². The van der Waals surface area contributed by atoms with Crippen molar-refractivity contribution in [3.8, 4) is 5.00 Å². The number of fused-ring (bicyclic) bond motifs is 1. The molecule has 1 saturated carbocycles. The molecule has 0 spiro atoms. The Hall–Kier alpha value is -3.92. The van der Waals surface area contributed by atoms with Crippen molar-refractivity contribution in [1.82, 2.24) is 19.9 Å². The Bertz CT molecular complexity index is 1460. The second kappa shape index (κ2) is 8.94. The third kappa shape index (κ3) is 4.64. The molecule has 5 rings (SSSR count). The van der Waals surface area contributed by atoms with Crippen molar-refractivity contribution in [2.45, 2.75) is 39.7 Å². The molecule has 0 saturated heterocycles. The zero-order valence-corrected chi connectivity index (χ0v) is 21.4. The lowest BCUT2D eigenvalue weighted by Gasteiger charge is -2.26. The zero-order valence-electron chi connectivity index (χ0n) is 20.6. The molecule has 0 unspecified atom stereocenters. The van der Waals surface area contributed by atoms with E-state index in [-0.39, 0.29) is 23.8 Å². The molecule has 3 aromatic heterocycles. The van der Waals surface area contributed by atoms with E-state index in [2.05, 4.69) is 20.6 Å². The average molecular weight is 505 g/mol. The molecule has 186 valence electrons. The molecule has 1 aromatic carbocycles. The molecule has 0 aliphatic heterocycles. The number of hydrogen-bond donors (Lipinski definition) is 3. The minimum Gasteiger partial charge on any atom is -0.349 e. The normalized spacial score (nSPS) is 13.6. The molecule has 1 fully saturated rings. The Morgan fingerprint density at radius 1 is 1.14 bits per heavy atom. The van der Waals surface area contributed by atoms with Gasteiger partial charge in [0, 0.05) is 47.5 Å². The minimum absolute atomic E-state index is 0.0278. The van der Waals surface area contributed by atoms with Gasteiger partial charge in [-0.1, -0.05) is 20.8 Å². The number of thiophene rings is 1. The summed E-state index contributed by atoms with van der Waals surface area (Å²) in [4.78, 5) is 48.4. The van der Waals surface area contributed by atoms with Crippen LogP contribution in [-0.2, 0) is 4.79 Å². The SMILES string of the molecule is CN(C(=O)C(C)(C)C)c1ccc2c(C(=O)NC3CC3)c(NC(=O)c3ccc(-n4ccnc4)s3)[nH]c2c1. The Morgan fingerprint density at radius 3 is 2.58 bits per heavy atom. The number of aromatic nitrogens is 3. The number of imidazole rings is 1. The highest BCUT2D eigenvalue weighted by Gasteiger charge is 2.29. The van der Waals surface area contributed by atoms with Gasteiger partial charge in [0.15, 0.2) is 0 Å². The van der Waals surface area contributed by atoms with Gasteiger partial charge in [0.25, 0.3) is 11.8 Å². The predicted molar refractivity (Wildman–Crippen MR) is 141 cm³/mol. The largest absolute Gasteiger partial charge is 0.349 e. The smallest absolute Gasteiger partial charge is 0.266 e. The summed E-state index contributed by atoms with van der Waals surface area (Å²) in [6.07, 6.45) is 7.06. The molecule has 9 nitrogen and oxygen atoms in total. The van der Waals surface area contributed by atoms with Crippen LogP contribution in [0.2, 0.25) is 0 Å². The van der Waals surface area contributed by atoms with Gasteiger partial charge in [0.2, 0.25) is 5.91 Å². The van der Waals surface area contributed by atoms with E-state index in [0.717, 1.165) is 17.8 Å². The van der Waals surface area contributed by atoms with Gasteiger partial charge < -0.3 is 20.5 Å². The predicted octanol–water partition coefficient (Wildman–Crippen LogP) is 4.57. The molecule has 0 bridgehead atoms. The van der Waals surface area contributed by atoms with Gasteiger partial charge in [-0.3, -0.25) is 19.0 Å². The van der Waals surface area contributed by atoms with Crippen molar-refractivity contribution < 1.29 is 14.4 Å². The van der Waals surface area contributed by atoms with Crippen LogP contribution in [0, 0.1) is 5.41 Å². The standard InChI is InChI=1S/C26H28N6O3S/c1-26(2,3)25(35)31(4)16-7-8-17-18(13-16)29-22(21(17)24(34)28-15-5-6-15)30-23(33)19-9-10-20(36-19)32-12-11-27-14-32/h7-15,29H,5-6H2,1-4H3,(H,28,34)(H,30,33). The summed E-state index contributed by atoms with van der Waals surface area (Å²) in [5, 5.41) is 7.45. The van der Waals surface area contributed by atoms with E-state index in [1.165, 1.54) is 11.3 Å². The molecular weight excluding hydrogens is 476 g/mol. The molecule has 36 heavy (non-hydrogen) atoms. The maximum atomic E-state index is 13.2. The van der Waals surface area contributed by atoms with Crippen molar-refractivity contribution >= 4 is 51.5 Å². The first-order valence-electron chi connectivity index (χ1n) is 11.8. The van der Waals surface area contributed by atoms with E-state index in [4.69, 9.17) is 0 Å². The van der Waals surface area contributed by atoms with Crippen LogP contribution in [0.5, 0.6) is 0 Å². The summed E-state index contributed by atoms with van der Waals surface area (Å²) in [7, 11) is 1.73. The van der Waals surface area contributed by atoms with Crippen LogP contribution in [0.3, 0.4) is 0 Å². The number of anilines is 2. The molecule has 3 heterocycles. The lowest BCUT2D eigenvalue weighted by molar-refractivity contribution is -0.125. The maximum absolute atomic E-state index is 13.2. The fraction of sp³-hybridized carbons (Fsp3) is 0.308. The Morgan fingerprint density at radius 2 is 1.92 bits per heavy atom. The second-order valence-corrected chi connectivity index (χ2v) is 11.1. The number of benzene rings is 1. The van der Waals surface area contributed by atoms with Crippen molar-refractivity contribution in [3.05, 3.63) is 59.5 Å². The van der Waals surface area contributed by atoms with Gasteiger partial charge >= 0.3 is 0 Å². The molecule has 3 amide bonds. The first-order valence-corrected chi connectivity index (χ1v) is 12.6. The summed E-state index contributed by atoms with van der Waals surface area (Å²) < 4.78 is 1.83. The van der Waals surface area contributed by atoms with E-state index in [1.54, 1.807) is 30.5 Å². The number of nitrogens with one attached hydrogen (secondary N) is 3. The van der Waals surface area contributed by atoms with Gasteiger partial charge in [-0.15, -0.1) is 11.3 Å². The van der Waals surface area contributed by atoms with Crippen LogP contribution in [0.1, 0.15) is 53.6 Å². The molecule has 10 heteroatoms. The van der Waals surface area contributed by atoms with Crippen LogP contribution in [0.4, 0.5) is 11.5 Å². The summed E-state index contributed by atoms with van der Waals surface area (Å²) in [5.41, 5.74) is 1.19. The number of H-pyrrole nitrogens is 1. The molecular formula is C26H28N6O3S. The number of rotatable bonds is 6. The van der Waals surface area contributed by atoms with E-state index < -0.39 is 5.41 Å². The Kier molecular flexibility index (Phi) is 5.91. The highest BCUT2D eigenvalue weighted by Crippen LogP contribution is 2.32. The van der Waals surface area contributed by atoms with Crippen LogP contribution >= 0.6 is 11.3 Å². The van der Waals surface area contributed by atoms with E-state index >= 15 is 0 Å². The zero-order chi connectivity index (χ0) is 25.6. The summed E-state index contributed by atoms with van der Waals surface area (Å²) >= 11 is 1.32. The van der Waals surface area contributed by atoms with Crippen molar-refractivity contribution in [2.75, 3.05) is 17.3 Å². The van der Waals surface area contributed by atoms with Crippen LogP contribution in [0.25, 0.3) is 15.9 Å². The molecule has 1 aliphatic rings. The van der Waals surface area contributed by atoms with E-state index in [0.29, 0.717) is 32.8 Å². The number of hydrogen-bond acceptors (Lipinski definition) is 5. The van der Waals surface area contributed by atoms with Gasteiger partial charge in [-0.2, -0.15) is 0 Å². The summed E-state index contributed by atoms with van der Waals surface area (Å²) in [6, 6.07) is 9.21. The summed E-state index contributed by atoms with van der Waals surface area (Å²) in [6.45, 7) is 5.61. The monoisotopic (exact) mass is 504 g/mol. The van der Waals surface area contributed by atoms with E-state index in [1.807, 2.05) is 55.8 Å². The number of aromatic amines is 1. The fourth-order valence-corrected chi connectivity index (χ4v) is 4.84. The number of amides is 3. The average Bonchev–Trinajstić information content (AvgIpc) is 3.24. The summed E-state index contributed by atoms with van der Waals surface area (Å²) in [5.74, 6) is -0.262. The van der Waals surface area contributed by atoms with Crippen molar-refractivity contribution in [2.24, 2.45) is 5.41 Å².